The van der Waals surface area contributed by atoms with Crippen LogP contribution in [0.25, 0.3) is 0 Å². The SMILES string of the molecule is COc1cc(OC)cc(C(=O)N[C@H]2CC[C@@H](CNc3ncc(C)c(N(C)C)n3)CC2)c1. The average Bonchev–Trinajstić information content (AvgIpc) is 2.78. The van der Waals surface area contributed by atoms with Crippen molar-refractivity contribution < 1.29 is 14.3 Å². The van der Waals surface area contributed by atoms with Gasteiger partial charge in [0.15, 0.2) is 0 Å². The summed E-state index contributed by atoms with van der Waals surface area (Å²) in [6.45, 7) is 2.85. The number of methoxy groups -OCH3 is 2. The van der Waals surface area contributed by atoms with E-state index in [2.05, 4.69) is 20.6 Å². The molecule has 8 heteroatoms. The molecule has 0 radical (unpaired) electrons. The molecule has 1 aromatic carbocycles. The quantitative estimate of drug-likeness (QED) is 0.668. The van der Waals surface area contributed by atoms with Crippen LogP contribution in [-0.2, 0) is 0 Å². The van der Waals surface area contributed by atoms with E-state index >= 15 is 0 Å². The van der Waals surface area contributed by atoms with Gasteiger partial charge in [-0.2, -0.15) is 4.98 Å². The maximum atomic E-state index is 12.7. The number of benzene rings is 1. The molecular formula is C23H33N5O3. The molecule has 0 spiro atoms. The maximum absolute atomic E-state index is 12.7. The van der Waals surface area contributed by atoms with Crippen LogP contribution < -0.4 is 25.0 Å². The van der Waals surface area contributed by atoms with Crippen molar-refractivity contribution in [3.8, 4) is 11.5 Å². The first kappa shape index (κ1) is 22.7. The number of ether oxygens (including phenoxy) is 2. The fourth-order valence-electron chi connectivity index (χ4n) is 3.92. The van der Waals surface area contributed by atoms with Gasteiger partial charge in [0.25, 0.3) is 5.91 Å². The third kappa shape index (κ3) is 5.99. The van der Waals surface area contributed by atoms with Gasteiger partial charge in [0.1, 0.15) is 17.3 Å². The topological polar surface area (TPSA) is 88.6 Å². The highest BCUT2D eigenvalue weighted by Crippen LogP contribution is 2.26. The lowest BCUT2D eigenvalue weighted by atomic mass is 9.86. The lowest BCUT2D eigenvalue weighted by Gasteiger charge is -2.29. The predicted octanol–water partition coefficient (Wildman–Crippen LogP) is 3.27. The number of amides is 1. The van der Waals surface area contributed by atoms with Gasteiger partial charge in [-0.15, -0.1) is 0 Å². The molecule has 3 rings (SSSR count). The Morgan fingerprint density at radius 2 is 1.74 bits per heavy atom. The normalized spacial score (nSPS) is 18.2. The van der Waals surface area contributed by atoms with Crippen LogP contribution >= 0.6 is 0 Å². The molecule has 2 aromatic rings. The molecule has 1 aromatic heterocycles. The molecule has 1 aliphatic carbocycles. The molecule has 31 heavy (non-hydrogen) atoms. The maximum Gasteiger partial charge on any atom is 0.251 e. The van der Waals surface area contributed by atoms with Crippen molar-refractivity contribution >= 4 is 17.7 Å². The van der Waals surface area contributed by atoms with E-state index in [1.54, 1.807) is 32.4 Å². The van der Waals surface area contributed by atoms with Crippen molar-refractivity contribution in [2.45, 2.75) is 38.6 Å². The summed E-state index contributed by atoms with van der Waals surface area (Å²) in [5.74, 6) is 3.25. The lowest BCUT2D eigenvalue weighted by molar-refractivity contribution is 0.0922. The average molecular weight is 428 g/mol. The van der Waals surface area contributed by atoms with E-state index in [0.717, 1.165) is 43.6 Å². The van der Waals surface area contributed by atoms with Crippen molar-refractivity contribution in [2.24, 2.45) is 5.92 Å². The molecule has 1 aliphatic rings. The van der Waals surface area contributed by atoms with Gasteiger partial charge >= 0.3 is 0 Å². The van der Waals surface area contributed by atoms with Gasteiger partial charge in [0.2, 0.25) is 5.95 Å². The van der Waals surface area contributed by atoms with Crippen LogP contribution in [0.5, 0.6) is 11.5 Å². The second-order valence-electron chi connectivity index (χ2n) is 8.27. The zero-order valence-corrected chi connectivity index (χ0v) is 19.1. The van der Waals surface area contributed by atoms with Crippen LogP contribution in [0, 0.1) is 12.8 Å². The number of aromatic nitrogens is 2. The Morgan fingerprint density at radius 1 is 1.10 bits per heavy atom. The van der Waals surface area contributed by atoms with E-state index in [1.807, 2.05) is 32.1 Å². The third-order valence-corrected chi connectivity index (χ3v) is 5.71. The van der Waals surface area contributed by atoms with Gasteiger partial charge in [-0.05, 0) is 50.7 Å². The van der Waals surface area contributed by atoms with Crippen LogP contribution in [0.3, 0.4) is 0 Å². The summed E-state index contributed by atoms with van der Waals surface area (Å²) < 4.78 is 10.5. The molecule has 1 fully saturated rings. The summed E-state index contributed by atoms with van der Waals surface area (Å²) in [5.41, 5.74) is 1.61. The van der Waals surface area contributed by atoms with Crippen molar-refractivity contribution in [3.05, 3.63) is 35.5 Å². The Morgan fingerprint density at radius 3 is 2.32 bits per heavy atom. The number of hydrogen-bond donors (Lipinski definition) is 2. The minimum atomic E-state index is -0.0944. The first-order valence-electron chi connectivity index (χ1n) is 10.7. The van der Waals surface area contributed by atoms with Crippen molar-refractivity contribution in [3.63, 3.8) is 0 Å². The number of rotatable bonds is 8. The Hall–Kier alpha value is -3.03. The van der Waals surface area contributed by atoms with Gasteiger partial charge in [-0.3, -0.25) is 4.79 Å². The van der Waals surface area contributed by atoms with Gasteiger partial charge in [-0.1, -0.05) is 0 Å². The summed E-state index contributed by atoms with van der Waals surface area (Å²) in [5, 5.41) is 6.54. The van der Waals surface area contributed by atoms with Crippen molar-refractivity contribution in [1.29, 1.82) is 0 Å². The predicted molar refractivity (Wildman–Crippen MR) is 122 cm³/mol. The summed E-state index contributed by atoms with van der Waals surface area (Å²) >= 11 is 0. The zero-order chi connectivity index (χ0) is 22.4. The highest BCUT2D eigenvalue weighted by molar-refractivity contribution is 5.95. The number of nitrogens with zero attached hydrogens (tertiary/aromatic N) is 3. The Kier molecular flexibility index (Phi) is 7.55. The lowest BCUT2D eigenvalue weighted by Crippen LogP contribution is -2.38. The van der Waals surface area contributed by atoms with Crippen LogP contribution in [0.15, 0.2) is 24.4 Å². The molecule has 0 aliphatic heterocycles. The summed E-state index contributed by atoms with van der Waals surface area (Å²) in [6.07, 6.45) is 5.86. The fourth-order valence-corrected chi connectivity index (χ4v) is 3.92. The third-order valence-electron chi connectivity index (χ3n) is 5.71. The Balaban J connectivity index is 1.49. The Bertz CT molecular complexity index is 873. The molecule has 0 saturated heterocycles. The number of anilines is 2. The molecule has 1 heterocycles. The number of carbonyl (C=O) groups excluding carboxylic acids is 1. The second kappa shape index (κ2) is 10.3. The summed E-state index contributed by atoms with van der Waals surface area (Å²) in [6, 6.07) is 5.40. The first-order valence-corrected chi connectivity index (χ1v) is 10.7. The molecule has 2 N–H and O–H groups in total. The molecule has 0 atom stereocenters. The highest BCUT2D eigenvalue weighted by atomic mass is 16.5. The molecular weight excluding hydrogens is 394 g/mol. The van der Waals surface area contributed by atoms with Crippen molar-refractivity contribution in [2.75, 3.05) is 45.1 Å². The minimum absolute atomic E-state index is 0.0944. The Labute approximate surface area is 184 Å². The zero-order valence-electron chi connectivity index (χ0n) is 19.1. The van der Waals surface area contributed by atoms with Crippen LogP contribution in [-0.4, -0.2) is 56.8 Å². The molecule has 1 saturated carbocycles. The molecule has 0 unspecified atom stereocenters. The van der Waals surface area contributed by atoms with E-state index in [1.165, 1.54) is 0 Å². The minimum Gasteiger partial charge on any atom is -0.497 e. The van der Waals surface area contributed by atoms with E-state index in [9.17, 15) is 4.79 Å². The number of hydrogen-bond acceptors (Lipinski definition) is 7. The van der Waals surface area contributed by atoms with Gasteiger partial charge in [0, 0.05) is 50.1 Å². The van der Waals surface area contributed by atoms with E-state index < -0.39 is 0 Å². The van der Waals surface area contributed by atoms with Gasteiger partial charge < -0.3 is 25.0 Å². The monoisotopic (exact) mass is 427 g/mol. The summed E-state index contributed by atoms with van der Waals surface area (Å²) in [7, 11) is 7.12. The standard InChI is InChI=1S/C23H33N5O3/c1-15-13-24-23(27-21(15)28(2)3)25-14-16-6-8-18(9-7-16)26-22(29)17-10-19(30-4)12-20(11-17)31-5/h10-13,16,18H,6-9,14H2,1-5H3,(H,26,29)(H,24,25,27)/t16-,18+. The number of carbonyl (C=O) groups is 1. The molecule has 0 bridgehead atoms. The summed E-state index contributed by atoms with van der Waals surface area (Å²) in [4.78, 5) is 23.7. The molecule has 8 nitrogen and oxygen atoms in total. The van der Waals surface area contributed by atoms with Crippen LogP contribution in [0.4, 0.5) is 11.8 Å². The molecule has 1 amide bonds. The van der Waals surface area contributed by atoms with Gasteiger partial charge in [-0.25, -0.2) is 4.98 Å². The highest BCUT2D eigenvalue weighted by Gasteiger charge is 2.23. The van der Waals surface area contributed by atoms with E-state index in [-0.39, 0.29) is 11.9 Å². The fraction of sp³-hybridized carbons (Fsp3) is 0.522. The number of nitrogens with one attached hydrogen (secondary N) is 2. The smallest absolute Gasteiger partial charge is 0.251 e. The van der Waals surface area contributed by atoms with E-state index in [4.69, 9.17) is 9.47 Å². The van der Waals surface area contributed by atoms with Crippen molar-refractivity contribution in [1.82, 2.24) is 15.3 Å². The van der Waals surface area contributed by atoms with Crippen LogP contribution in [0.2, 0.25) is 0 Å². The number of aryl methyl sites for hydroxylation is 1. The van der Waals surface area contributed by atoms with Gasteiger partial charge in [0.05, 0.1) is 14.2 Å². The van der Waals surface area contributed by atoms with E-state index in [0.29, 0.717) is 28.9 Å². The first-order chi connectivity index (χ1) is 14.9. The molecule has 168 valence electrons. The largest absolute Gasteiger partial charge is 0.497 e. The second-order valence-corrected chi connectivity index (χ2v) is 8.27. The van der Waals surface area contributed by atoms with Crippen LogP contribution in [0.1, 0.15) is 41.6 Å².